The molecule has 4 nitrogen and oxygen atoms in total. The first-order valence-corrected chi connectivity index (χ1v) is 8.73. The van der Waals surface area contributed by atoms with E-state index in [1.165, 1.54) is 43.2 Å². The molecule has 1 fully saturated rings. The van der Waals surface area contributed by atoms with Gasteiger partial charge in [0.15, 0.2) is 5.11 Å². The summed E-state index contributed by atoms with van der Waals surface area (Å²) < 4.78 is 2.09. The molecule has 0 spiro atoms. The van der Waals surface area contributed by atoms with Gasteiger partial charge in [-0.25, -0.2) is 4.68 Å². The van der Waals surface area contributed by atoms with Crippen LogP contribution in [0.15, 0.2) is 30.5 Å². The van der Waals surface area contributed by atoms with Gasteiger partial charge in [-0.15, -0.1) is 0 Å². The molecular weight excluding hydrogens is 304 g/mol. The van der Waals surface area contributed by atoms with E-state index in [4.69, 9.17) is 12.2 Å². The monoisotopic (exact) mass is 328 g/mol. The number of anilines is 2. The third-order valence-electron chi connectivity index (χ3n) is 4.60. The minimum absolute atomic E-state index is 0.491. The third kappa shape index (κ3) is 3.91. The number of benzene rings is 1. The lowest BCUT2D eigenvalue weighted by Crippen LogP contribution is -2.23. The Morgan fingerprint density at radius 3 is 2.61 bits per heavy atom. The van der Waals surface area contributed by atoms with Gasteiger partial charge in [0, 0.05) is 11.8 Å². The summed E-state index contributed by atoms with van der Waals surface area (Å²) in [5.74, 6) is 0.971. The number of hydrogen-bond acceptors (Lipinski definition) is 2. The summed E-state index contributed by atoms with van der Waals surface area (Å²) in [7, 11) is 0. The van der Waals surface area contributed by atoms with Crippen molar-refractivity contribution in [3.8, 4) is 0 Å². The predicted octanol–water partition coefficient (Wildman–Crippen LogP) is 4.81. The van der Waals surface area contributed by atoms with Crippen molar-refractivity contribution < 1.29 is 0 Å². The molecule has 2 aromatic rings. The fourth-order valence-corrected chi connectivity index (χ4v) is 3.35. The molecule has 0 amide bonds. The van der Waals surface area contributed by atoms with E-state index in [2.05, 4.69) is 52.5 Å². The molecule has 1 saturated carbocycles. The van der Waals surface area contributed by atoms with E-state index >= 15 is 0 Å². The second-order valence-corrected chi connectivity index (χ2v) is 6.74. The fourth-order valence-electron chi connectivity index (χ4n) is 3.13. The molecule has 1 heterocycles. The van der Waals surface area contributed by atoms with Crippen molar-refractivity contribution in [1.29, 1.82) is 0 Å². The lowest BCUT2D eigenvalue weighted by atomic mass is 9.96. The minimum Gasteiger partial charge on any atom is -0.332 e. The average Bonchev–Trinajstić information content (AvgIpc) is 3.00. The Kier molecular flexibility index (Phi) is 4.96. The molecule has 0 unspecified atom stereocenters. The number of nitrogens with one attached hydrogen (secondary N) is 2. The average molecular weight is 328 g/mol. The quantitative estimate of drug-likeness (QED) is 0.793. The van der Waals surface area contributed by atoms with Gasteiger partial charge < -0.3 is 10.6 Å². The van der Waals surface area contributed by atoms with Crippen LogP contribution >= 0.6 is 12.2 Å². The molecule has 0 bridgehead atoms. The van der Waals surface area contributed by atoms with E-state index in [-0.39, 0.29) is 0 Å². The van der Waals surface area contributed by atoms with Crippen LogP contribution in [0.3, 0.4) is 0 Å². The maximum absolute atomic E-state index is 5.46. The van der Waals surface area contributed by atoms with Crippen LogP contribution in [0.4, 0.5) is 11.5 Å². The SMILES string of the molecule is Cc1ccc(NC(=S)Nc2ccnn2C2CCCCC2)cc1C. The molecule has 122 valence electrons. The van der Waals surface area contributed by atoms with Gasteiger partial charge in [0.2, 0.25) is 0 Å². The standard InChI is InChI=1S/C18H24N4S/c1-13-8-9-15(12-14(13)2)20-18(23)21-17-10-11-19-22(17)16-6-4-3-5-7-16/h8-12,16H,3-7H2,1-2H3,(H2,20,21,23). The second-order valence-electron chi connectivity index (χ2n) is 6.33. The van der Waals surface area contributed by atoms with Crippen LogP contribution in [0, 0.1) is 13.8 Å². The Labute approximate surface area is 143 Å². The first kappa shape index (κ1) is 16.0. The molecule has 0 radical (unpaired) electrons. The van der Waals surface area contributed by atoms with Gasteiger partial charge in [0.05, 0.1) is 12.2 Å². The summed E-state index contributed by atoms with van der Waals surface area (Å²) >= 11 is 5.46. The summed E-state index contributed by atoms with van der Waals surface area (Å²) in [6.45, 7) is 4.22. The summed E-state index contributed by atoms with van der Waals surface area (Å²) in [4.78, 5) is 0. The second kappa shape index (κ2) is 7.13. The van der Waals surface area contributed by atoms with Gasteiger partial charge in [0.1, 0.15) is 5.82 Å². The normalized spacial score (nSPS) is 15.4. The summed E-state index contributed by atoms with van der Waals surface area (Å²) in [5.41, 5.74) is 3.55. The van der Waals surface area contributed by atoms with Gasteiger partial charge in [-0.1, -0.05) is 25.3 Å². The molecule has 1 aromatic heterocycles. The van der Waals surface area contributed by atoms with Crippen LogP contribution in [0.1, 0.15) is 49.3 Å². The number of aromatic nitrogens is 2. The maximum Gasteiger partial charge on any atom is 0.176 e. The number of thiocarbonyl (C=S) groups is 1. The lowest BCUT2D eigenvalue weighted by molar-refractivity contribution is 0.333. The number of aryl methyl sites for hydroxylation is 2. The Morgan fingerprint density at radius 2 is 1.87 bits per heavy atom. The van der Waals surface area contributed by atoms with Crippen molar-refractivity contribution in [2.45, 2.75) is 52.0 Å². The predicted molar refractivity (Wildman–Crippen MR) is 100 cm³/mol. The minimum atomic E-state index is 0.491. The zero-order valence-electron chi connectivity index (χ0n) is 13.8. The Hall–Kier alpha value is -1.88. The van der Waals surface area contributed by atoms with Crippen LogP contribution in [0.2, 0.25) is 0 Å². The smallest absolute Gasteiger partial charge is 0.176 e. The number of hydrogen-bond donors (Lipinski definition) is 2. The van der Waals surface area contributed by atoms with Crippen molar-refractivity contribution >= 4 is 28.8 Å². The van der Waals surface area contributed by atoms with E-state index in [0.717, 1.165) is 11.5 Å². The van der Waals surface area contributed by atoms with Crippen molar-refractivity contribution in [1.82, 2.24) is 9.78 Å². The zero-order chi connectivity index (χ0) is 16.2. The van der Waals surface area contributed by atoms with Crippen LogP contribution in [0.25, 0.3) is 0 Å². The highest BCUT2D eigenvalue weighted by molar-refractivity contribution is 7.80. The lowest BCUT2D eigenvalue weighted by Gasteiger charge is -2.24. The van der Waals surface area contributed by atoms with Crippen LogP contribution in [-0.2, 0) is 0 Å². The zero-order valence-corrected chi connectivity index (χ0v) is 14.6. The molecule has 1 aromatic carbocycles. The first-order chi connectivity index (χ1) is 11.1. The summed E-state index contributed by atoms with van der Waals surface area (Å²) in [5, 5.41) is 11.6. The van der Waals surface area contributed by atoms with Crippen LogP contribution in [-0.4, -0.2) is 14.9 Å². The Bertz CT molecular complexity index is 686. The molecule has 3 rings (SSSR count). The van der Waals surface area contributed by atoms with Gasteiger partial charge in [0.25, 0.3) is 0 Å². The third-order valence-corrected chi connectivity index (χ3v) is 4.80. The van der Waals surface area contributed by atoms with E-state index in [0.29, 0.717) is 11.2 Å². The Morgan fingerprint density at radius 1 is 1.09 bits per heavy atom. The highest BCUT2D eigenvalue weighted by Crippen LogP contribution is 2.29. The van der Waals surface area contributed by atoms with Crippen molar-refractivity contribution in [2.24, 2.45) is 0 Å². The molecular formula is C18H24N4S. The van der Waals surface area contributed by atoms with Gasteiger partial charge in [-0.3, -0.25) is 0 Å². The van der Waals surface area contributed by atoms with E-state index < -0.39 is 0 Å². The molecule has 1 aliphatic carbocycles. The molecule has 0 atom stereocenters. The van der Waals surface area contributed by atoms with Gasteiger partial charge >= 0.3 is 0 Å². The van der Waals surface area contributed by atoms with E-state index in [1.54, 1.807) is 0 Å². The fraction of sp³-hybridized carbons (Fsp3) is 0.444. The molecule has 0 saturated heterocycles. The van der Waals surface area contributed by atoms with Crippen LogP contribution in [0.5, 0.6) is 0 Å². The van der Waals surface area contributed by atoms with E-state index in [1.807, 2.05) is 12.3 Å². The molecule has 5 heteroatoms. The maximum atomic E-state index is 5.46. The summed E-state index contributed by atoms with van der Waals surface area (Å²) in [6.07, 6.45) is 8.16. The molecule has 23 heavy (non-hydrogen) atoms. The highest BCUT2D eigenvalue weighted by Gasteiger charge is 2.18. The highest BCUT2D eigenvalue weighted by atomic mass is 32.1. The number of nitrogens with zero attached hydrogens (tertiary/aromatic N) is 2. The van der Waals surface area contributed by atoms with Crippen molar-refractivity contribution in [2.75, 3.05) is 10.6 Å². The summed E-state index contributed by atoms with van der Waals surface area (Å²) in [6, 6.07) is 8.75. The Balaban J connectivity index is 1.66. The molecule has 2 N–H and O–H groups in total. The largest absolute Gasteiger partial charge is 0.332 e. The van der Waals surface area contributed by atoms with Crippen molar-refractivity contribution in [3.63, 3.8) is 0 Å². The molecule has 1 aliphatic rings. The van der Waals surface area contributed by atoms with Gasteiger partial charge in [-0.05, 0) is 62.2 Å². The van der Waals surface area contributed by atoms with Gasteiger partial charge in [-0.2, -0.15) is 5.10 Å². The first-order valence-electron chi connectivity index (χ1n) is 8.32. The van der Waals surface area contributed by atoms with Crippen LogP contribution < -0.4 is 10.6 Å². The number of rotatable bonds is 3. The van der Waals surface area contributed by atoms with Crippen molar-refractivity contribution in [3.05, 3.63) is 41.6 Å². The molecule has 0 aliphatic heterocycles. The topological polar surface area (TPSA) is 41.9 Å². The van der Waals surface area contributed by atoms with E-state index in [9.17, 15) is 0 Å².